The van der Waals surface area contributed by atoms with E-state index in [2.05, 4.69) is 39.2 Å². The lowest BCUT2D eigenvalue weighted by Crippen LogP contribution is -2.32. The summed E-state index contributed by atoms with van der Waals surface area (Å²) in [6, 6.07) is 10.1. The molecule has 1 amide bonds. The zero-order chi connectivity index (χ0) is 18.6. The van der Waals surface area contributed by atoms with Gasteiger partial charge in [-0.25, -0.2) is 0 Å². The number of aromatic nitrogens is 1. The van der Waals surface area contributed by atoms with Crippen molar-refractivity contribution in [3.05, 3.63) is 48.3 Å². The van der Waals surface area contributed by atoms with E-state index in [1.165, 1.54) is 31.4 Å². The molecule has 0 aliphatic carbocycles. The molecule has 1 aromatic carbocycles. The topological polar surface area (TPSA) is 48.5 Å². The summed E-state index contributed by atoms with van der Waals surface area (Å²) in [5.41, 5.74) is 3.70. The minimum Gasteiger partial charge on any atom is -0.372 e. The Hall–Kier alpha value is -2.56. The molecule has 142 valence electrons. The van der Waals surface area contributed by atoms with Crippen LogP contribution in [0.1, 0.15) is 43.0 Å². The van der Waals surface area contributed by atoms with Gasteiger partial charge in [-0.2, -0.15) is 0 Å². The summed E-state index contributed by atoms with van der Waals surface area (Å²) in [6.45, 7) is 6.64. The molecule has 0 unspecified atom stereocenters. The van der Waals surface area contributed by atoms with Gasteiger partial charge >= 0.3 is 0 Å². The van der Waals surface area contributed by atoms with Crippen LogP contribution < -0.4 is 15.1 Å². The van der Waals surface area contributed by atoms with E-state index in [4.69, 9.17) is 0 Å². The molecule has 0 saturated carbocycles. The van der Waals surface area contributed by atoms with E-state index in [0.717, 1.165) is 43.5 Å². The maximum Gasteiger partial charge on any atom is 0.257 e. The molecule has 5 nitrogen and oxygen atoms in total. The van der Waals surface area contributed by atoms with Crippen molar-refractivity contribution >= 4 is 23.0 Å². The summed E-state index contributed by atoms with van der Waals surface area (Å²) in [4.78, 5) is 21.6. The van der Waals surface area contributed by atoms with Crippen molar-refractivity contribution in [2.45, 2.75) is 32.6 Å². The molecule has 3 heterocycles. The molecule has 2 aromatic rings. The standard InChI is InChI=1S/C22H28N4O/c1-17-8-12-26(13-9-17)20-6-4-19(5-7-20)24-22(27)18-14-21(16-23-15-18)25-10-2-3-11-25/h4-7,14-17H,2-3,8-13H2,1H3,(H,24,27). The van der Waals surface area contributed by atoms with Crippen LogP contribution in [0.4, 0.5) is 17.1 Å². The molecule has 0 atom stereocenters. The third kappa shape index (κ3) is 4.24. The number of anilines is 3. The molecule has 2 fully saturated rings. The van der Waals surface area contributed by atoms with Crippen molar-refractivity contribution in [3.63, 3.8) is 0 Å². The molecule has 0 spiro atoms. The average Bonchev–Trinajstić information content (AvgIpc) is 3.24. The molecule has 4 rings (SSSR count). The fourth-order valence-corrected chi connectivity index (χ4v) is 3.93. The minimum atomic E-state index is -0.108. The Morgan fingerprint density at radius 1 is 0.963 bits per heavy atom. The van der Waals surface area contributed by atoms with E-state index in [9.17, 15) is 4.79 Å². The molecule has 27 heavy (non-hydrogen) atoms. The van der Waals surface area contributed by atoms with Crippen LogP contribution in [0.5, 0.6) is 0 Å². The van der Waals surface area contributed by atoms with Crippen molar-refractivity contribution in [1.29, 1.82) is 0 Å². The van der Waals surface area contributed by atoms with Gasteiger partial charge in [0.1, 0.15) is 0 Å². The second-order valence-electron chi connectivity index (χ2n) is 7.80. The summed E-state index contributed by atoms with van der Waals surface area (Å²) in [5, 5.41) is 3.00. The van der Waals surface area contributed by atoms with Crippen LogP contribution in [-0.2, 0) is 0 Å². The smallest absolute Gasteiger partial charge is 0.257 e. The summed E-state index contributed by atoms with van der Waals surface area (Å²) < 4.78 is 0. The second kappa shape index (κ2) is 7.99. The van der Waals surface area contributed by atoms with Gasteiger partial charge in [0.15, 0.2) is 0 Å². The first kappa shape index (κ1) is 17.8. The number of carbonyl (C=O) groups excluding carboxylic acids is 1. The van der Waals surface area contributed by atoms with Gasteiger partial charge in [-0.1, -0.05) is 6.92 Å². The van der Waals surface area contributed by atoms with E-state index in [1.54, 1.807) is 6.20 Å². The number of amides is 1. The van der Waals surface area contributed by atoms with Gasteiger partial charge in [0, 0.05) is 43.8 Å². The van der Waals surface area contributed by atoms with Gasteiger partial charge in [0.05, 0.1) is 17.4 Å². The van der Waals surface area contributed by atoms with Gasteiger partial charge < -0.3 is 15.1 Å². The maximum atomic E-state index is 12.6. The highest BCUT2D eigenvalue weighted by Crippen LogP contribution is 2.25. The molecule has 2 aliphatic rings. The van der Waals surface area contributed by atoms with E-state index in [1.807, 2.05) is 24.4 Å². The third-order valence-corrected chi connectivity index (χ3v) is 5.73. The van der Waals surface area contributed by atoms with E-state index >= 15 is 0 Å². The number of hydrogen-bond donors (Lipinski definition) is 1. The van der Waals surface area contributed by atoms with Gasteiger partial charge in [-0.05, 0) is 61.9 Å². The van der Waals surface area contributed by atoms with Gasteiger partial charge in [-0.15, -0.1) is 0 Å². The normalized spacial score (nSPS) is 18.0. The molecular weight excluding hydrogens is 336 g/mol. The Balaban J connectivity index is 1.40. The first-order valence-electron chi connectivity index (χ1n) is 10.1. The van der Waals surface area contributed by atoms with Crippen molar-refractivity contribution in [1.82, 2.24) is 4.98 Å². The van der Waals surface area contributed by atoms with Crippen LogP contribution in [0.2, 0.25) is 0 Å². The van der Waals surface area contributed by atoms with E-state index in [-0.39, 0.29) is 5.91 Å². The quantitative estimate of drug-likeness (QED) is 0.884. The molecule has 2 saturated heterocycles. The molecule has 1 aromatic heterocycles. The highest BCUT2D eigenvalue weighted by Gasteiger charge is 2.17. The van der Waals surface area contributed by atoms with Crippen LogP contribution in [0.3, 0.4) is 0 Å². The number of benzene rings is 1. The van der Waals surface area contributed by atoms with Crippen LogP contribution in [0, 0.1) is 5.92 Å². The average molecular weight is 364 g/mol. The highest BCUT2D eigenvalue weighted by molar-refractivity contribution is 6.04. The largest absolute Gasteiger partial charge is 0.372 e. The Bertz CT molecular complexity index is 775. The predicted molar refractivity (Wildman–Crippen MR) is 111 cm³/mol. The van der Waals surface area contributed by atoms with Gasteiger partial charge in [0.25, 0.3) is 5.91 Å². The van der Waals surface area contributed by atoms with Gasteiger partial charge in [0.2, 0.25) is 0 Å². The van der Waals surface area contributed by atoms with E-state index < -0.39 is 0 Å². The zero-order valence-electron chi connectivity index (χ0n) is 16.0. The molecular formula is C22H28N4O. The number of pyridine rings is 1. The predicted octanol–water partition coefficient (Wildman–Crippen LogP) is 4.17. The fraction of sp³-hybridized carbons (Fsp3) is 0.455. The number of carbonyl (C=O) groups is 1. The molecule has 5 heteroatoms. The molecule has 0 radical (unpaired) electrons. The monoisotopic (exact) mass is 364 g/mol. The summed E-state index contributed by atoms with van der Waals surface area (Å²) in [6.07, 6.45) is 8.39. The zero-order valence-corrected chi connectivity index (χ0v) is 16.0. The maximum absolute atomic E-state index is 12.6. The lowest BCUT2D eigenvalue weighted by Gasteiger charge is -2.32. The number of rotatable bonds is 4. The van der Waals surface area contributed by atoms with Crippen LogP contribution in [0.15, 0.2) is 42.7 Å². The van der Waals surface area contributed by atoms with Crippen LogP contribution >= 0.6 is 0 Å². The Morgan fingerprint density at radius 3 is 2.33 bits per heavy atom. The summed E-state index contributed by atoms with van der Waals surface area (Å²) in [7, 11) is 0. The van der Waals surface area contributed by atoms with Crippen molar-refractivity contribution in [2.24, 2.45) is 5.92 Å². The fourth-order valence-electron chi connectivity index (χ4n) is 3.93. The summed E-state index contributed by atoms with van der Waals surface area (Å²) >= 11 is 0. The Morgan fingerprint density at radius 2 is 1.63 bits per heavy atom. The van der Waals surface area contributed by atoms with Crippen molar-refractivity contribution in [2.75, 3.05) is 41.3 Å². The first-order chi connectivity index (χ1) is 13.2. The van der Waals surface area contributed by atoms with E-state index in [0.29, 0.717) is 5.56 Å². The minimum absolute atomic E-state index is 0.108. The van der Waals surface area contributed by atoms with Crippen molar-refractivity contribution in [3.8, 4) is 0 Å². The SMILES string of the molecule is CC1CCN(c2ccc(NC(=O)c3cncc(N4CCCC4)c3)cc2)CC1. The number of nitrogens with zero attached hydrogens (tertiary/aromatic N) is 3. The summed E-state index contributed by atoms with van der Waals surface area (Å²) in [5.74, 6) is 0.716. The highest BCUT2D eigenvalue weighted by atomic mass is 16.1. The van der Waals surface area contributed by atoms with Gasteiger partial charge in [-0.3, -0.25) is 9.78 Å². The van der Waals surface area contributed by atoms with Crippen LogP contribution in [0.25, 0.3) is 0 Å². The lowest BCUT2D eigenvalue weighted by atomic mass is 9.99. The molecule has 0 bridgehead atoms. The lowest BCUT2D eigenvalue weighted by molar-refractivity contribution is 0.102. The Labute approximate surface area is 161 Å². The Kier molecular flexibility index (Phi) is 5.28. The third-order valence-electron chi connectivity index (χ3n) is 5.73. The molecule has 2 aliphatic heterocycles. The first-order valence-corrected chi connectivity index (χ1v) is 10.1. The molecule has 1 N–H and O–H groups in total. The number of nitrogens with one attached hydrogen (secondary N) is 1. The second-order valence-corrected chi connectivity index (χ2v) is 7.80. The van der Waals surface area contributed by atoms with Crippen molar-refractivity contribution < 1.29 is 4.79 Å². The number of piperidine rings is 1. The van der Waals surface area contributed by atoms with Crippen LogP contribution in [-0.4, -0.2) is 37.1 Å². The number of hydrogen-bond acceptors (Lipinski definition) is 4.